The number of hydrogen-bond acceptors (Lipinski definition) is 5. The molecule has 0 spiro atoms. The second-order valence-corrected chi connectivity index (χ2v) is 17.4. The van der Waals surface area contributed by atoms with E-state index in [0.29, 0.717) is 5.56 Å². The number of imide groups is 1. The minimum atomic E-state index is -2.82. The van der Waals surface area contributed by atoms with Crippen molar-refractivity contribution in [1.29, 1.82) is 0 Å². The topological polar surface area (TPSA) is 72.9 Å². The van der Waals surface area contributed by atoms with Crippen LogP contribution in [0.3, 0.4) is 0 Å². The smallest absolute Gasteiger partial charge is 0.330 e. The van der Waals surface area contributed by atoms with Gasteiger partial charge in [0.1, 0.15) is 18.4 Å². The third kappa shape index (κ3) is 6.46. The maximum atomic E-state index is 13.5. The largest absolute Gasteiger partial charge is 0.534 e. The van der Waals surface area contributed by atoms with Gasteiger partial charge >= 0.3 is 14.3 Å². The molecule has 0 N–H and O–H groups in total. The third-order valence-electron chi connectivity index (χ3n) is 8.99. The van der Waals surface area contributed by atoms with Gasteiger partial charge in [-0.1, -0.05) is 142 Å². The Bertz CT molecular complexity index is 1820. The third-order valence-corrected chi connectivity index (χ3v) is 13.9. The fourth-order valence-corrected chi connectivity index (χ4v) is 11.0. The van der Waals surface area contributed by atoms with Crippen molar-refractivity contribution in [2.45, 2.75) is 44.9 Å². The SMILES string of the molecule is CC(C)(C)[Si](Oc1ccc(C[C@@H]2C(=O)N(C(=O)c3ccccc3)[C@@H]2C(=O)OCc2ccccc2)cc1)(c1ccccc1)c1ccccc1. The predicted octanol–water partition coefficient (Wildman–Crippen LogP) is 6.58. The summed E-state index contributed by atoms with van der Waals surface area (Å²) in [6.45, 7) is 6.75. The monoisotopic (exact) mass is 653 g/mol. The molecule has 0 aliphatic carbocycles. The minimum Gasteiger partial charge on any atom is -0.534 e. The fourth-order valence-electron chi connectivity index (χ4n) is 6.55. The number of likely N-dealkylation sites (tertiary alicyclic amines) is 1. The van der Waals surface area contributed by atoms with E-state index >= 15 is 0 Å². The molecule has 0 unspecified atom stereocenters. The number of hydrogen-bond donors (Lipinski definition) is 0. The number of carbonyl (C=O) groups excluding carboxylic acids is 3. The van der Waals surface area contributed by atoms with Crippen LogP contribution in [0.2, 0.25) is 5.04 Å². The molecule has 0 bridgehead atoms. The first-order chi connectivity index (χ1) is 23.2. The molecule has 242 valence electrons. The van der Waals surface area contributed by atoms with Gasteiger partial charge in [0.05, 0.1) is 5.92 Å². The fraction of sp³-hybridized carbons (Fsp3) is 0.195. The molecule has 0 aromatic heterocycles. The average Bonchev–Trinajstić information content (AvgIpc) is 3.12. The Kier molecular flexibility index (Phi) is 9.41. The van der Waals surface area contributed by atoms with E-state index in [1.165, 1.54) is 10.4 Å². The summed E-state index contributed by atoms with van der Waals surface area (Å²) in [6.07, 6.45) is 0.280. The summed E-state index contributed by atoms with van der Waals surface area (Å²) >= 11 is 0. The highest BCUT2D eigenvalue weighted by atomic mass is 28.4. The maximum Gasteiger partial charge on any atom is 0.330 e. The van der Waals surface area contributed by atoms with Gasteiger partial charge in [-0.25, -0.2) is 4.79 Å². The average molecular weight is 654 g/mol. The summed E-state index contributed by atoms with van der Waals surface area (Å²) in [5, 5.41) is 2.15. The lowest BCUT2D eigenvalue weighted by Gasteiger charge is -2.44. The van der Waals surface area contributed by atoms with Crippen molar-refractivity contribution in [2.24, 2.45) is 5.92 Å². The molecule has 5 aromatic rings. The molecule has 0 saturated carbocycles. The van der Waals surface area contributed by atoms with Crippen molar-refractivity contribution in [3.63, 3.8) is 0 Å². The van der Waals surface area contributed by atoms with Crippen molar-refractivity contribution < 1.29 is 23.5 Å². The first-order valence-corrected chi connectivity index (χ1v) is 18.1. The van der Waals surface area contributed by atoms with Crippen LogP contribution >= 0.6 is 0 Å². The quantitative estimate of drug-likeness (QED) is 0.0738. The predicted molar refractivity (Wildman–Crippen MR) is 190 cm³/mol. The van der Waals surface area contributed by atoms with Crippen molar-refractivity contribution in [3.8, 4) is 5.75 Å². The van der Waals surface area contributed by atoms with E-state index in [9.17, 15) is 14.4 Å². The van der Waals surface area contributed by atoms with Gasteiger partial charge in [0.25, 0.3) is 5.91 Å². The van der Waals surface area contributed by atoms with E-state index < -0.39 is 38.1 Å². The molecular formula is C41H39NO5Si. The Morgan fingerprint density at radius 3 is 1.69 bits per heavy atom. The maximum absolute atomic E-state index is 13.5. The zero-order valence-corrected chi connectivity index (χ0v) is 28.4. The Hall–Kier alpha value is -5.27. The van der Waals surface area contributed by atoms with E-state index in [1.54, 1.807) is 30.3 Å². The van der Waals surface area contributed by atoms with Gasteiger partial charge in [0.15, 0.2) is 0 Å². The van der Waals surface area contributed by atoms with Crippen molar-refractivity contribution in [1.82, 2.24) is 4.90 Å². The summed E-state index contributed by atoms with van der Waals surface area (Å²) in [5.41, 5.74) is 2.02. The van der Waals surface area contributed by atoms with E-state index in [-0.39, 0.29) is 18.1 Å². The molecule has 7 heteroatoms. The van der Waals surface area contributed by atoms with Crippen LogP contribution in [0.15, 0.2) is 146 Å². The van der Waals surface area contributed by atoms with Gasteiger partial charge in [-0.05, 0) is 57.2 Å². The molecule has 2 atom stereocenters. The van der Waals surface area contributed by atoms with Crippen LogP contribution in [0.4, 0.5) is 0 Å². The molecular weight excluding hydrogens is 615 g/mol. The Balaban J connectivity index is 1.25. The number of carbonyl (C=O) groups is 3. The molecule has 6 rings (SSSR count). The zero-order valence-electron chi connectivity index (χ0n) is 27.4. The molecule has 1 saturated heterocycles. The molecule has 1 aliphatic rings. The second kappa shape index (κ2) is 13.8. The number of esters is 1. The summed E-state index contributed by atoms with van der Waals surface area (Å²) in [5.74, 6) is -1.50. The molecule has 5 aromatic carbocycles. The highest BCUT2D eigenvalue weighted by Crippen LogP contribution is 2.38. The molecule has 1 aliphatic heterocycles. The van der Waals surface area contributed by atoms with Gasteiger partial charge in [0.2, 0.25) is 5.91 Å². The first-order valence-electron chi connectivity index (χ1n) is 16.2. The second-order valence-electron chi connectivity index (χ2n) is 13.1. The number of nitrogens with zero attached hydrogens (tertiary/aromatic N) is 1. The number of β-lactam (4-membered cyclic amide) rings is 1. The Labute approximate surface area is 283 Å². The highest BCUT2D eigenvalue weighted by molar-refractivity contribution is 7.00. The van der Waals surface area contributed by atoms with Crippen LogP contribution in [0.5, 0.6) is 5.75 Å². The van der Waals surface area contributed by atoms with E-state index in [0.717, 1.165) is 21.8 Å². The minimum absolute atomic E-state index is 0.0543. The lowest BCUT2D eigenvalue weighted by Crippen LogP contribution is -2.68. The van der Waals surface area contributed by atoms with Crippen LogP contribution in [0.25, 0.3) is 0 Å². The summed E-state index contributed by atoms with van der Waals surface area (Å²) in [7, 11) is -2.82. The molecule has 6 nitrogen and oxygen atoms in total. The van der Waals surface area contributed by atoms with Gasteiger partial charge in [-0.15, -0.1) is 0 Å². The van der Waals surface area contributed by atoms with Crippen LogP contribution in [-0.4, -0.2) is 37.0 Å². The molecule has 0 radical (unpaired) electrons. The summed E-state index contributed by atoms with van der Waals surface area (Å²) in [6, 6.07) is 45.5. The number of benzene rings is 5. The van der Waals surface area contributed by atoms with E-state index in [2.05, 4.69) is 69.3 Å². The number of rotatable bonds is 10. The molecule has 1 heterocycles. The Morgan fingerprint density at radius 1 is 0.667 bits per heavy atom. The van der Waals surface area contributed by atoms with E-state index in [4.69, 9.17) is 9.16 Å². The summed E-state index contributed by atoms with van der Waals surface area (Å²) < 4.78 is 12.8. The molecule has 48 heavy (non-hydrogen) atoms. The lowest BCUT2D eigenvalue weighted by molar-refractivity contribution is -0.170. The van der Waals surface area contributed by atoms with Gasteiger partial charge < -0.3 is 9.16 Å². The normalized spacial score (nSPS) is 16.1. The van der Waals surface area contributed by atoms with E-state index in [1.807, 2.05) is 66.7 Å². The van der Waals surface area contributed by atoms with Crippen LogP contribution in [0.1, 0.15) is 42.3 Å². The van der Waals surface area contributed by atoms with Crippen LogP contribution in [-0.2, 0) is 27.4 Å². The van der Waals surface area contributed by atoms with Gasteiger partial charge in [0, 0.05) is 5.56 Å². The van der Waals surface area contributed by atoms with Gasteiger partial charge in [-0.3, -0.25) is 14.5 Å². The lowest BCUT2D eigenvalue weighted by atomic mass is 9.81. The van der Waals surface area contributed by atoms with Crippen molar-refractivity contribution in [3.05, 3.63) is 162 Å². The Morgan fingerprint density at radius 2 is 1.17 bits per heavy atom. The zero-order chi connectivity index (χ0) is 33.7. The van der Waals surface area contributed by atoms with Gasteiger partial charge in [-0.2, -0.15) is 0 Å². The van der Waals surface area contributed by atoms with Crippen LogP contribution < -0.4 is 14.8 Å². The highest BCUT2D eigenvalue weighted by Gasteiger charge is 2.55. The number of ether oxygens (including phenoxy) is 1. The van der Waals surface area contributed by atoms with Crippen LogP contribution in [0, 0.1) is 5.92 Å². The molecule has 2 amide bonds. The molecule has 1 fully saturated rings. The van der Waals surface area contributed by atoms with Crippen molar-refractivity contribution in [2.75, 3.05) is 0 Å². The standard InChI is InChI=1S/C41H39NO5Si/c1-41(2,3)48(34-20-12-6-13-21-34,35-22-14-7-15-23-35)47-33-26-24-30(25-27-33)28-36-37(40(45)46-29-31-16-8-4-9-17-31)42(39(36)44)38(43)32-18-10-5-11-19-32/h4-27,36-37H,28-29H2,1-3H3/t36-,37-/m0/s1. The summed E-state index contributed by atoms with van der Waals surface area (Å²) in [4.78, 5) is 41.5. The number of amides is 2. The first kappa shape index (κ1) is 32.7. The van der Waals surface area contributed by atoms with Crippen molar-refractivity contribution >= 4 is 36.5 Å².